The molecule has 0 spiro atoms. The van der Waals surface area contributed by atoms with Gasteiger partial charge in [-0.2, -0.15) is 0 Å². The van der Waals surface area contributed by atoms with E-state index in [4.69, 9.17) is 16.2 Å². The summed E-state index contributed by atoms with van der Waals surface area (Å²) in [4.78, 5) is 6.33. The van der Waals surface area contributed by atoms with Crippen molar-refractivity contribution >= 4 is 17.2 Å². The second-order valence-corrected chi connectivity index (χ2v) is 3.28. The quantitative estimate of drug-likeness (QED) is 0.662. The van der Waals surface area contributed by atoms with Crippen molar-refractivity contribution in [3.8, 4) is 0 Å². The number of pyridine rings is 1. The number of nitrogens with two attached hydrogens (primary N) is 2. The van der Waals surface area contributed by atoms with Crippen molar-refractivity contribution < 1.29 is 4.74 Å². The average Bonchev–Trinajstić information content (AvgIpc) is 2.19. The molecule has 0 aliphatic carbocycles. The molecule has 1 saturated heterocycles. The van der Waals surface area contributed by atoms with Crippen molar-refractivity contribution in [2.24, 2.45) is 0 Å². The predicted molar refractivity (Wildman–Crippen MR) is 56.1 cm³/mol. The van der Waals surface area contributed by atoms with Crippen LogP contribution >= 0.6 is 0 Å². The first-order valence-corrected chi connectivity index (χ1v) is 4.61. The van der Waals surface area contributed by atoms with E-state index >= 15 is 0 Å². The number of ether oxygens (including phenoxy) is 1. The van der Waals surface area contributed by atoms with E-state index in [1.807, 2.05) is 0 Å². The van der Waals surface area contributed by atoms with Gasteiger partial charge < -0.3 is 21.1 Å². The normalized spacial score (nSPS) is 17.0. The molecule has 1 aromatic heterocycles. The molecule has 1 fully saturated rings. The highest BCUT2D eigenvalue weighted by Gasteiger charge is 2.14. The van der Waals surface area contributed by atoms with E-state index in [1.54, 1.807) is 12.3 Å². The van der Waals surface area contributed by atoms with Crippen molar-refractivity contribution in [2.45, 2.75) is 0 Å². The summed E-state index contributed by atoms with van der Waals surface area (Å²) in [6.07, 6.45) is 1.63. The van der Waals surface area contributed by atoms with Crippen LogP contribution in [0.25, 0.3) is 0 Å². The number of nitrogen functional groups attached to an aromatic ring is 2. The smallest absolute Gasteiger partial charge is 0.152 e. The van der Waals surface area contributed by atoms with Gasteiger partial charge in [0, 0.05) is 13.1 Å². The molecule has 0 aromatic carbocycles. The largest absolute Gasteiger partial charge is 0.397 e. The molecule has 5 heteroatoms. The van der Waals surface area contributed by atoms with Gasteiger partial charge in [0.15, 0.2) is 5.82 Å². The lowest BCUT2D eigenvalue weighted by molar-refractivity contribution is 0.122. The van der Waals surface area contributed by atoms with Crippen molar-refractivity contribution in [3.63, 3.8) is 0 Å². The Morgan fingerprint density at radius 3 is 2.64 bits per heavy atom. The van der Waals surface area contributed by atoms with Crippen LogP contribution in [0.15, 0.2) is 12.3 Å². The maximum Gasteiger partial charge on any atom is 0.152 e. The Morgan fingerprint density at radius 2 is 2.00 bits per heavy atom. The minimum Gasteiger partial charge on any atom is -0.397 e. The molecule has 14 heavy (non-hydrogen) atoms. The zero-order valence-corrected chi connectivity index (χ0v) is 7.94. The van der Waals surface area contributed by atoms with Gasteiger partial charge in [0.1, 0.15) is 0 Å². The van der Waals surface area contributed by atoms with E-state index in [0.717, 1.165) is 32.1 Å². The van der Waals surface area contributed by atoms with Crippen LogP contribution in [0.5, 0.6) is 0 Å². The fourth-order valence-electron chi connectivity index (χ4n) is 1.53. The summed E-state index contributed by atoms with van der Waals surface area (Å²) in [5, 5.41) is 0. The molecule has 0 radical (unpaired) electrons. The van der Waals surface area contributed by atoms with E-state index in [-0.39, 0.29) is 0 Å². The summed E-state index contributed by atoms with van der Waals surface area (Å²) in [5.41, 5.74) is 12.6. The van der Waals surface area contributed by atoms with Crippen LogP contribution in [0.4, 0.5) is 17.2 Å². The van der Waals surface area contributed by atoms with E-state index < -0.39 is 0 Å². The number of rotatable bonds is 1. The summed E-state index contributed by atoms with van der Waals surface area (Å²) >= 11 is 0. The summed E-state index contributed by atoms with van der Waals surface area (Å²) in [6, 6.07) is 1.73. The fraction of sp³-hybridized carbons (Fsp3) is 0.444. The Bertz CT molecular complexity index is 323. The highest BCUT2D eigenvalue weighted by molar-refractivity contribution is 5.66. The van der Waals surface area contributed by atoms with E-state index in [0.29, 0.717) is 11.4 Å². The molecule has 2 rings (SSSR count). The zero-order valence-electron chi connectivity index (χ0n) is 7.94. The van der Waals surface area contributed by atoms with Gasteiger partial charge in [-0.3, -0.25) is 0 Å². The molecule has 0 unspecified atom stereocenters. The lowest BCUT2D eigenvalue weighted by Gasteiger charge is -2.28. The summed E-state index contributed by atoms with van der Waals surface area (Å²) in [7, 11) is 0. The number of aromatic nitrogens is 1. The van der Waals surface area contributed by atoms with Gasteiger partial charge in [-0.25, -0.2) is 4.98 Å². The standard InChI is InChI=1S/C9H14N4O/c10-7-5-8(11)9(12-6-7)13-1-3-14-4-2-13/h5-6H,1-4,10-11H2. The number of anilines is 3. The molecule has 1 aromatic rings. The number of hydrogen-bond donors (Lipinski definition) is 2. The van der Waals surface area contributed by atoms with Crippen LogP contribution in [-0.2, 0) is 4.74 Å². The van der Waals surface area contributed by atoms with E-state index in [2.05, 4.69) is 9.88 Å². The summed E-state index contributed by atoms with van der Waals surface area (Å²) in [5.74, 6) is 0.808. The average molecular weight is 194 g/mol. The Balaban J connectivity index is 2.22. The fourth-order valence-corrected chi connectivity index (χ4v) is 1.53. The number of nitrogens with zero attached hydrogens (tertiary/aromatic N) is 2. The van der Waals surface area contributed by atoms with Crippen molar-refractivity contribution in [2.75, 3.05) is 42.7 Å². The zero-order chi connectivity index (χ0) is 9.97. The van der Waals surface area contributed by atoms with Crippen LogP contribution in [0, 0.1) is 0 Å². The van der Waals surface area contributed by atoms with Gasteiger partial charge in [0.2, 0.25) is 0 Å². The molecule has 0 atom stereocenters. The molecule has 0 amide bonds. The summed E-state index contributed by atoms with van der Waals surface area (Å²) in [6.45, 7) is 3.12. The third-order valence-corrected chi connectivity index (χ3v) is 2.23. The molecule has 4 N–H and O–H groups in total. The first-order chi connectivity index (χ1) is 6.77. The molecule has 1 aliphatic rings. The minimum absolute atomic E-state index is 0.597. The van der Waals surface area contributed by atoms with Gasteiger partial charge in [-0.1, -0.05) is 0 Å². The Kier molecular flexibility index (Phi) is 2.41. The highest BCUT2D eigenvalue weighted by atomic mass is 16.5. The SMILES string of the molecule is Nc1cnc(N2CCOCC2)c(N)c1. The third kappa shape index (κ3) is 1.72. The topological polar surface area (TPSA) is 77.4 Å². The number of morpholine rings is 1. The molecular weight excluding hydrogens is 180 g/mol. The van der Waals surface area contributed by atoms with Gasteiger partial charge in [-0.05, 0) is 6.07 Å². The number of hydrogen-bond acceptors (Lipinski definition) is 5. The molecular formula is C9H14N4O. The lowest BCUT2D eigenvalue weighted by Crippen LogP contribution is -2.37. The molecule has 5 nitrogen and oxygen atoms in total. The van der Waals surface area contributed by atoms with E-state index in [9.17, 15) is 0 Å². The van der Waals surface area contributed by atoms with Crippen LogP contribution in [0.1, 0.15) is 0 Å². The highest BCUT2D eigenvalue weighted by Crippen LogP contribution is 2.22. The molecule has 2 heterocycles. The van der Waals surface area contributed by atoms with Crippen molar-refractivity contribution in [3.05, 3.63) is 12.3 Å². The van der Waals surface area contributed by atoms with Gasteiger partial charge >= 0.3 is 0 Å². The second-order valence-electron chi connectivity index (χ2n) is 3.28. The van der Waals surface area contributed by atoms with Crippen molar-refractivity contribution in [1.82, 2.24) is 4.98 Å². The minimum atomic E-state index is 0.597. The Morgan fingerprint density at radius 1 is 1.29 bits per heavy atom. The van der Waals surface area contributed by atoms with E-state index in [1.165, 1.54) is 0 Å². The maximum absolute atomic E-state index is 5.83. The van der Waals surface area contributed by atoms with Crippen LogP contribution in [0.3, 0.4) is 0 Å². The summed E-state index contributed by atoms with van der Waals surface area (Å²) < 4.78 is 5.25. The molecule has 76 valence electrons. The monoisotopic (exact) mass is 194 g/mol. The third-order valence-electron chi connectivity index (χ3n) is 2.23. The van der Waals surface area contributed by atoms with Crippen LogP contribution in [0.2, 0.25) is 0 Å². The molecule has 1 aliphatic heterocycles. The Labute approximate surface area is 82.7 Å². The second kappa shape index (κ2) is 3.71. The first-order valence-electron chi connectivity index (χ1n) is 4.61. The molecule has 0 saturated carbocycles. The Hall–Kier alpha value is -1.49. The van der Waals surface area contributed by atoms with Crippen LogP contribution < -0.4 is 16.4 Å². The van der Waals surface area contributed by atoms with Gasteiger partial charge in [0.25, 0.3) is 0 Å². The maximum atomic E-state index is 5.83. The van der Waals surface area contributed by atoms with Gasteiger partial charge in [0.05, 0.1) is 30.8 Å². The van der Waals surface area contributed by atoms with Crippen molar-refractivity contribution in [1.29, 1.82) is 0 Å². The van der Waals surface area contributed by atoms with Gasteiger partial charge in [-0.15, -0.1) is 0 Å². The molecule has 0 bridgehead atoms. The first kappa shape index (κ1) is 9.08. The predicted octanol–water partition coefficient (Wildman–Crippen LogP) is 0.0826. The van der Waals surface area contributed by atoms with Crippen LogP contribution in [-0.4, -0.2) is 31.3 Å². The lowest BCUT2D eigenvalue weighted by atomic mass is 10.3.